The summed E-state index contributed by atoms with van der Waals surface area (Å²) < 4.78 is 8.04. The molecule has 1 aromatic carbocycles. The van der Waals surface area contributed by atoms with Crippen molar-refractivity contribution in [3.05, 3.63) is 42.2 Å². The number of aromatic nitrogens is 1. The van der Waals surface area contributed by atoms with E-state index < -0.39 is 0 Å². The molecule has 2 nitrogen and oxygen atoms in total. The summed E-state index contributed by atoms with van der Waals surface area (Å²) in [6, 6.07) is 10.5. The number of hydrogen-bond donors (Lipinski definition) is 0. The van der Waals surface area contributed by atoms with Crippen LogP contribution in [0, 0.1) is 0 Å². The Hall–Kier alpha value is -1.83. The van der Waals surface area contributed by atoms with Gasteiger partial charge in [0.2, 0.25) is 6.20 Å². The van der Waals surface area contributed by atoms with Gasteiger partial charge in [0.25, 0.3) is 0 Å². The van der Waals surface area contributed by atoms with Gasteiger partial charge in [0.15, 0.2) is 11.3 Å². The molecule has 0 aliphatic heterocycles. The maximum Gasteiger partial charge on any atom is 0.212 e. The second-order valence-corrected chi connectivity index (χ2v) is 5.90. The molecule has 2 aromatic heterocycles. The molecule has 0 saturated carbocycles. The number of benzene rings is 1. The molecule has 0 spiro atoms. The number of para-hydroxylation sites is 1. The highest BCUT2D eigenvalue weighted by molar-refractivity contribution is 6.04. The smallest absolute Gasteiger partial charge is 0.212 e. The molecule has 0 bridgehead atoms. The summed E-state index contributed by atoms with van der Waals surface area (Å²) >= 11 is 0. The largest absolute Gasteiger partial charge is 0.450 e. The Labute approximate surface area is 107 Å². The van der Waals surface area contributed by atoms with E-state index >= 15 is 0 Å². The Morgan fingerprint density at radius 1 is 1.00 bits per heavy atom. The Kier molecular flexibility index (Phi) is 2.24. The van der Waals surface area contributed by atoms with Gasteiger partial charge in [-0.05, 0) is 6.07 Å². The van der Waals surface area contributed by atoms with E-state index in [1.165, 1.54) is 16.5 Å². The van der Waals surface area contributed by atoms with E-state index in [4.69, 9.17) is 4.42 Å². The second-order valence-electron chi connectivity index (χ2n) is 5.90. The van der Waals surface area contributed by atoms with Gasteiger partial charge in [-0.15, -0.1) is 0 Å². The van der Waals surface area contributed by atoms with Crippen LogP contribution in [-0.4, -0.2) is 0 Å². The van der Waals surface area contributed by atoms with Crippen molar-refractivity contribution < 1.29 is 8.98 Å². The molecule has 0 aliphatic carbocycles. The first-order valence-electron chi connectivity index (χ1n) is 6.28. The highest BCUT2D eigenvalue weighted by Gasteiger charge is 2.25. The topological polar surface area (TPSA) is 17.0 Å². The lowest BCUT2D eigenvalue weighted by atomic mass is 9.90. The fourth-order valence-corrected chi connectivity index (χ4v) is 2.56. The zero-order chi connectivity index (χ0) is 12.9. The quantitative estimate of drug-likeness (QED) is 0.547. The van der Waals surface area contributed by atoms with E-state index in [0.29, 0.717) is 0 Å². The molecule has 0 aliphatic rings. The predicted molar refractivity (Wildman–Crippen MR) is 73.6 cm³/mol. The van der Waals surface area contributed by atoms with Crippen molar-refractivity contribution in [1.82, 2.24) is 0 Å². The minimum Gasteiger partial charge on any atom is -0.450 e. The molecule has 0 amide bonds. The Bertz CT molecular complexity index is 732. The van der Waals surface area contributed by atoms with Gasteiger partial charge in [0, 0.05) is 22.3 Å². The van der Waals surface area contributed by atoms with Gasteiger partial charge < -0.3 is 4.42 Å². The van der Waals surface area contributed by atoms with Crippen molar-refractivity contribution in [3.63, 3.8) is 0 Å². The summed E-state index contributed by atoms with van der Waals surface area (Å²) in [7, 11) is 2.08. The monoisotopic (exact) mass is 240 g/mol. The van der Waals surface area contributed by atoms with Crippen LogP contribution in [0.4, 0.5) is 0 Å². The minimum atomic E-state index is 0.126. The van der Waals surface area contributed by atoms with Gasteiger partial charge in [0.1, 0.15) is 12.6 Å². The highest BCUT2D eigenvalue weighted by Crippen LogP contribution is 2.30. The van der Waals surface area contributed by atoms with Crippen LogP contribution in [0.5, 0.6) is 0 Å². The first-order valence-corrected chi connectivity index (χ1v) is 6.28. The van der Waals surface area contributed by atoms with Crippen molar-refractivity contribution in [3.8, 4) is 0 Å². The van der Waals surface area contributed by atoms with Gasteiger partial charge in [0.05, 0.1) is 0 Å². The standard InChI is InChI=1S/C16H18NO/c1-16(2,3)15-9-12-11-7-5-6-8-13(11)18-14(12)10-17(15)4/h5-10H,1-4H3/q+1. The van der Waals surface area contributed by atoms with Gasteiger partial charge in [-0.3, -0.25) is 0 Å². The average Bonchev–Trinajstić information content (AvgIpc) is 2.63. The molecule has 2 heterocycles. The van der Waals surface area contributed by atoms with E-state index in [9.17, 15) is 0 Å². The number of pyridine rings is 1. The summed E-state index contributed by atoms with van der Waals surface area (Å²) in [4.78, 5) is 0. The Balaban J connectivity index is 2.43. The Morgan fingerprint density at radius 2 is 1.72 bits per heavy atom. The van der Waals surface area contributed by atoms with Crippen LogP contribution in [0.25, 0.3) is 21.9 Å². The number of hydrogen-bond acceptors (Lipinski definition) is 1. The Morgan fingerprint density at radius 3 is 2.44 bits per heavy atom. The zero-order valence-electron chi connectivity index (χ0n) is 11.3. The van der Waals surface area contributed by atoms with E-state index in [1.807, 2.05) is 12.1 Å². The number of aryl methyl sites for hydroxylation is 1. The molecule has 3 aromatic rings. The fraction of sp³-hybridized carbons (Fsp3) is 0.312. The normalized spacial score (nSPS) is 12.4. The van der Waals surface area contributed by atoms with E-state index in [0.717, 1.165) is 11.2 Å². The lowest BCUT2D eigenvalue weighted by Gasteiger charge is -2.15. The van der Waals surface area contributed by atoms with Crippen molar-refractivity contribution >= 4 is 21.9 Å². The number of nitrogens with zero attached hydrogens (tertiary/aromatic N) is 1. The maximum absolute atomic E-state index is 5.88. The molecular weight excluding hydrogens is 222 g/mol. The molecule has 0 radical (unpaired) electrons. The third-order valence-corrected chi connectivity index (χ3v) is 3.40. The third-order valence-electron chi connectivity index (χ3n) is 3.40. The van der Waals surface area contributed by atoms with Crippen LogP contribution in [-0.2, 0) is 12.5 Å². The van der Waals surface area contributed by atoms with Crippen LogP contribution in [0.1, 0.15) is 26.5 Å². The predicted octanol–water partition coefficient (Wildman–Crippen LogP) is 3.71. The second kappa shape index (κ2) is 3.58. The summed E-state index contributed by atoms with van der Waals surface area (Å²) in [5, 5.41) is 2.40. The van der Waals surface area contributed by atoms with Gasteiger partial charge in [-0.1, -0.05) is 39.0 Å². The molecule has 0 saturated heterocycles. The number of rotatable bonds is 0. The average molecular weight is 240 g/mol. The van der Waals surface area contributed by atoms with Crippen LogP contribution in [0.2, 0.25) is 0 Å². The molecular formula is C16H18NO+. The third kappa shape index (κ3) is 1.60. The maximum atomic E-state index is 5.88. The molecule has 0 N–H and O–H groups in total. The lowest BCUT2D eigenvalue weighted by Crippen LogP contribution is -2.39. The van der Waals surface area contributed by atoms with Crippen LogP contribution < -0.4 is 4.57 Å². The lowest BCUT2D eigenvalue weighted by molar-refractivity contribution is -0.681. The number of fused-ring (bicyclic) bond motifs is 3. The summed E-state index contributed by atoms with van der Waals surface area (Å²) in [6.07, 6.45) is 2.08. The first-order chi connectivity index (χ1) is 8.47. The highest BCUT2D eigenvalue weighted by atomic mass is 16.3. The zero-order valence-corrected chi connectivity index (χ0v) is 11.3. The summed E-state index contributed by atoms with van der Waals surface area (Å²) in [5.41, 5.74) is 3.34. The summed E-state index contributed by atoms with van der Waals surface area (Å²) in [6.45, 7) is 6.70. The van der Waals surface area contributed by atoms with Crippen LogP contribution >= 0.6 is 0 Å². The van der Waals surface area contributed by atoms with E-state index in [-0.39, 0.29) is 5.41 Å². The number of furan rings is 1. The molecule has 0 unspecified atom stereocenters. The molecule has 18 heavy (non-hydrogen) atoms. The van der Waals surface area contributed by atoms with Crippen LogP contribution in [0.3, 0.4) is 0 Å². The summed E-state index contributed by atoms with van der Waals surface area (Å²) in [5.74, 6) is 0. The van der Waals surface area contributed by atoms with Crippen molar-refractivity contribution in [2.45, 2.75) is 26.2 Å². The first kappa shape index (κ1) is 11.3. The molecule has 0 atom stereocenters. The van der Waals surface area contributed by atoms with E-state index in [2.05, 4.69) is 56.8 Å². The van der Waals surface area contributed by atoms with Crippen LogP contribution in [0.15, 0.2) is 40.9 Å². The van der Waals surface area contributed by atoms with Crippen molar-refractivity contribution in [1.29, 1.82) is 0 Å². The van der Waals surface area contributed by atoms with Gasteiger partial charge >= 0.3 is 0 Å². The van der Waals surface area contributed by atoms with Crippen molar-refractivity contribution in [2.75, 3.05) is 0 Å². The SMILES string of the molecule is C[n+]1cc2oc3ccccc3c2cc1C(C)(C)C. The van der Waals surface area contributed by atoms with E-state index in [1.54, 1.807) is 0 Å². The van der Waals surface area contributed by atoms with Crippen molar-refractivity contribution in [2.24, 2.45) is 7.05 Å². The van der Waals surface area contributed by atoms with Gasteiger partial charge in [-0.2, -0.15) is 0 Å². The molecule has 3 rings (SSSR count). The molecule has 92 valence electrons. The minimum absolute atomic E-state index is 0.126. The fourth-order valence-electron chi connectivity index (χ4n) is 2.56. The molecule has 0 fully saturated rings. The molecule has 2 heteroatoms. The van der Waals surface area contributed by atoms with Gasteiger partial charge in [-0.25, -0.2) is 4.57 Å².